The standard InChI is InChI=1S/C18H13F2NO2/c19-13-8-9-14(15(20)11-13)18(22)21-17(16-7-4-10-23-16)12-5-2-1-3-6-12/h1-11,17H,(H,21,22)/t17-/m1/s1. The van der Waals surface area contributed by atoms with Gasteiger partial charge in [-0.15, -0.1) is 0 Å². The summed E-state index contributed by atoms with van der Waals surface area (Å²) in [5.74, 6) is -1.77. The zero-order valence-corrected chi connectivity index (χ0v) is 12.0. The Labute approximate surface area is 131 Å². The van der Waals surface area contributed by atoms with Gasteiger partial charge >= 0.3 is 0 Å². The van der Waals surface area contributed by atoms with Gasteiger partial charge in [-0.05, 0) is 29.8 Å². The number of carbonyl (C=O) groups is 1. The van der Waals surface area contributed by atoms with Gasteiger partial charge in [0, 0.05) is 6.07 Å². The number of carbonyl (C=O) groups excluding carboxylic acids is 1. The van der Waals surface area contributed by atoms with Crippen molar-refractivity contribution in [3.05, 3.63) is 95.4 Å². The van der Waals surface area contributed by atoms with Crippen LogP contribution in [0.1, 0.15) is 27.7 Å². The van der Waals surface area contributed by atoms with Crippen molar-refractivity contribution in [3.63, 3.8) is 0 Å². The summed E-state index contributed by atoms with van der Waals surface area (Å²) in [4.78, 5) is 12.3. The first-order valence-corrected chi connectivity index (χ1v) is 6.99. The van der Waals surface area contributed by atoms with E-state index in [0.29, 0.717) is 11.8 Å². The van der Waals surface area contributed by atoms with Crippen LogP contribution < -0.4 is 5.32 Å². The molecule has 0 aliphatic carbocycles. The summed E-state index contributed by atoms with van der Waals surface area (Å²) in [6.45, 7) is 0. The fraction of sp³-hybridized carbons (Fsp3) is 0.0556. The number of furan rings is 1. The smallest absolute Gasteiger partial charge is 0.255 e. The van der Waals surface area contributed by atoms with Crippen LogP contribution in [0.25, 0.3) is 0 Å². The number of halogens is 2. The molecule has 3 rings (SSSR count). The second-order valence-electron chi connectivity index (χ2n) is 4.96. The van der Waals surface area contributed by atoms with Gasteiger partial charge in [0.1, 0.15) is 23.4 Å². The molecule has 0 aliphatic rings. The predicted octanol–water partition coefficient (Wildman–Crippen LogP) is 4.08. The van der Waals surface area contributed by atoms with Crippen LogP contribution >= 0.6 is 0 Å². The van der Waals surface area contributed by atoms with Crippen LogP contribution in [-0.2, 0) is 0 Å². The molecule has 0 radical (unpaired) electrons. The summed E-state index contributed by atoms with van der Waals surface area (Å²) in [7, 11) is 0. The lowest BCUT2D eigenvalue weighted by atomic mass is 10.0. The number of amides is 1. The lowest BCUT2D eigenvalue weighted by molar-refractivity contribution is 0.0935. The number of rotatable bonds is 4. The molecule has 1 heterocycles. The SMILES string of the molecule is O=C(N[C@H](c1ccccc1)c1ccco1)c1ccc(F)cc1F. The molecule has 3 nitrogen and oxygen atoms in total. The highest BCUT2D eigenvalue weighted by Gasteiger charge is 2.21. The lowest BCUT2D eigenvalue weighted by Gasteiger charge is -2.17. The second kappa shape index (κ2) is 6.44. The van der Waals surface area contributed by atoms with Gasteiger partial charge in [0.05, 0.1) is 11.8 Å². The zero-order valence-electron chi connectivity index (χ0n) is 12.0. The van der Waals surface area contributed by atoms with Gasteiger partial charge in [0.2, 0.25) is 0 Å². The lowest BCUT2D eigenvalue weighted by Crippen LogP contribution is -2.29. The molecule has 1 amide bonds. The molecule has 1 atom stereocenters. The molecule has 0 aliphatic heterocycles. The van der Waals surface area contributed by atoms with Gasteiger partial charge in [-0.2, -0.15) is 0 Å². The number of hydrogen-bond acceptors (Lipinski definition) is 2. The largest absolute Gasteiger partial charge is 0.467 e. The Morgan fingerprint density at radius 2 is 1.78 bits per heavy atom. The average molecular weight is 313 g/mol. The fourth-order valence-electron chi connectivity index (χ4n) is 2.30. The number of benzene rings is 2. The van der Waals surface area contributed by atoms with Crippen LogP contribution in [0, 0.1) is 11.6 Å². The van der Waals surface area contributed by atoms with Gasteiger partial charge in [0.15, 0.2) is 0 Å². The molecular weight excluding hydrogens is 300 g/mol. The quantitative estimate of drug-likeness (QED) is 0.788. The van der Waals surface area contributed by atoms with Crippen molar-refractivity contribution in [1.82, 2.24) is 5.32 Å². The van der Waals surface area contributed by atoms with Crippen LogP contribution in [-0.4, -0.2) is 5.91 Å². The summed E-state index contributed by atoms with van der Waals surface area (Å²) in [6, 6.07) is 14.9. The van der Waals surface area contributed by atoms with E-state index in [0.717, 1.165) is 17.7 Å². The normalized spacial score (nSPS) is 11.9. The zero-order chi connectivity index (χ0) is 16.2. The van der Waals surface area contributed by atoms with E-state index >= 15 is 0 Å². The van der Waals surface area contributed by atoms with Crippen molar-refractivity contribution in [3.8, 4) is 0 Å². The van der Waals surface area contributed by atoms with Crippen LogP contribution in [0.15, 0.2) is 71.3 Å². The molecule has 2 aromatic carbocycles. The first kappa shape index (κ1) is 15.0. The van der Waals surface area contributed by atoms with Gasteiger partial charge in [-0.25, -0.2) is 8.78 Å². The molecular formula is C18H13F2NO2. The first-order chi connectivity index (χ1) is 11.1. The first-order valence-electron chi connectivity index (χ1n) is 6.99. The Hall–Kier alpha value is -2.95. The summed E-state index contributed by atoms with van der Waals surface area (Å²) in [6.07, 6.45) is 1.50. The molecule has 116 valence electrons. The summed E-state index contributed by atoms with van der Waals surface area (Å²) >= 11 is 0. The minimum absolute atomic E-state index is 0.223. The Kier molecular flexibility index (Phi) is 4.19. The maximum atomic E-state index is 13.8. The minimum atomic E-state index is -0.909. The van der Waals surface area contributed by atoms with Crippen LogP contribution in [0.3, 0.4) is 0 Å². The van der Waals surface area contributed by atoms with Gasteiger partial charge in [-0.1, -0.05) is 30.3 Å². The van der Waals surface area contributed by atoms with Crippen molar-refractivity contribution in [2.75, 3.05) is 0 Å². The minimum Gasteiger partial charge on any atom is -0.467 e. The van der Waals surface area contributed by atoms with Crippen molar-refractivity contribution >= 4 is 5.91 Å². The molecule has 0 bridgehead atoms. The third-order valence-corrected chi connectivity index (χ3v) is 3.41. The van der Waals surface area contributed by atoms with Crippen molar-refractivity contribution < 1.29 is 18.0 Å². The highest BCUT2D eigenvalue weighted by molar-refractivity contribution is 5.94. The monoisotopic (exact) mass is 313 g/mol. The van der Waals surface area contributed by atoms with Crippen molar-refractivity contribution in [2.24, 2.45) is 0 Å². The highest BCUT2D eigenvalue weighted by atomic mass is 19.1. The molecule has 0 spiro atoms. The van der Waals surface area contributed by atoms with E-state index in [2.05, 4.69) is 5.32 Å². The summed E-state index contributed by atoms with van der Waals surface area (Å²) < 4.78 is 32.1. The number of hydrogen-bond donors (Lipinski definition) is 1. The van der Waals surface area contributed by atoms with Crippen LogP contribution in [0.5, 0.6) is 0 Å². The van der Waals surface area contributed by atoms with E-state index in [1.165, 1.54) is 6.26 Å². The van der Waals surface area contributed by atoms with Crippen LogP contribution in [0.2, 0.25) is 0 Å². The maximum absolute atomic E-state index is 13.8. The molecule has 0 unspecified atom stereocenters. The molecule has 3 aromatic rings. The topological polar surface area (TPSA) is 42.2 Å². The molecule has 1 N–H and O–H groups in total. The highest BCUT2D eigenvalue weighted by Crippen LogP contribution is 2.23. The Balaban J connectivity index is 1.91. The Morgan fingerprint density at radius 1 is 1.00 bits per heavy atom. The van der Waals surface area contributed by atoms with E-state index in [1.807, 2.05) is 30.3 Å². The van der Waals surface area contributed by atoms with E-state index in [-0.39, 0.29) is 5.56 Å². The van der Waals surface area contributed by atoms with Crippen LogP contribution in [0.4, 0.5) is 8.78 Å². The molecule has 0 saturated carbocycles. The molecule has 23 heavy (non-hydrogen) atoms. The summed E-state index contributed by atoms with van der Waals surface area (Å²) in [5.41, 5.74) is 0.567. The molecule has 0 saturated heterocycles. The third kappa shape index (κ3) is 3.29. The number of nitrogens with one attached hydrogen (secondary N) is 1. The predicted molar refractivity (Wildman–Crippen MR) is 80.8 cm³/mol. The van der Waals surface area contributed by atoms with E-state index in [4.69, 9.17) is 4.42 Å². The molecule has 1 aromatic heterocycles. The maximum Gasteiger partial charge on any atom is 0.255 e. The van der Waals surface area contributed by atoms with Gasteiger partial charge in [-0.3, -0.25) is 4.79 Å². The molecule has 0 fully saturated rings. The Morgan fingerprint density at radius 3 is 2.43 bits per heavy atom. The molecule has 5 heteroatoms. The van der Waals surface area contributed by atoms with E-state index in [1.54, 1.807) is 12.1 Å². The average Bonchev–Trinajstić information content (AvgIpc) is 3.07. The van der Waals surface area contributed by atoms with Gasteiger partial charge < -0.3 is 9.73 Å². The fourth-order valence-corrected chi connectivity index (χ4v) is 2.30. The summed E-state index contributed by atoms with van der Waals surface area (Å²) in [5, 5.41) is 2.72. The van der Waals surface area contributed by atoms with Gasteiger partial charge in [0.25, 0.3) is 5.91 Å². The Bertz CT molecular complexity index is 801. The van der Waals surface area contributed by atoms with Crippen molar-refractivity contribution in [2.45, 2.75) is 6.04 Å². The van der Waals surface area contributed by atoms with E-state index < -0.39 is 23.6 Å². The van der Waals surface area contributed by atoms with E-state index in [9.17, 15) is 13.6 Å². The second-order valence-corrected chi connectivity index (χ2v) is 4.96. The third-order valence-electron chi connectivity index (χ3n) is 3.41. The van der Waals surface area contributed by atoms with Crippen molar-refractivity contribution in [1.29, 1.82) is 0 Å².